The fourth-order valence-corrected chi connectivity index (χ4v) is 1.87. The Morgan fingerprint density at radius 2 is 2.00 bits per heavy atom. The first kappa shape index (κ1) is 14.9. The van der Waals surface area contributed by atoms with Crippen molar-refractivity contribution >= 4 is 0 Å². The summed E-state index contributed by atoms with van der Waals surface area (Å²) < 4.78 is 31.7. The second-order valence-electron chi connectivity index (χ2n) is 4.63. The Balaban J connectivity index is 2.89. The van der Waals surface area contributed by atoms with Gasteiger partial charge in [-0.1, -0.05) is 25.1 Å². The molecule has 0 aliphatic rings. The third kappa shape index (κ3) is 3.67. The molecule has 1 aromatic rings. The average Bonchev–Trinajstić information content (AvgIpc) is 2.37. The van der Waals surface area contributed by atoms with E-state index in [4.69, 9.17) is 4.74 Å². The SMILES string of the molecule is CCCNC(C)(Cc1ccccc1OC)C(F)F. The summed E-state index contributed by atoms with van der Waals surface area (Å²) in [6, 6.07) is 7.29. The molecular formula is C14H21F2NO. The van der Waals surface area contributed by atoms with Crippen molar-refractivity contribution in [1.82, 2.24) is 5.32 Å². The predicted octanol–water partition coefficient (Wildman–Crippen LogP) is 3.26. The normalized spacial score (nSPS) is 14.6. The van der Waals surface area contributed by atoms with Crippen LogP contribution in [0.4, 0.5) is 8.78 Å². The fourth-order valence-electron chi connectivity index (χ4n) is 1.87. The van der Waals surface area contributed by atoms with E-state index >= 15 is 0 Å². The van der Waals surface area contributed by atoms with Gasteiger partial charge in [0.25, 0.3) is 6.43 Å². The van der Waals surface area contributed by atoms with Gasteiger partial charge in [-0.05, 0) is 37.9 Å². The topological polar surface area (TPSA) is 21.3 Å². The Morgan fingerprint density at radius 3 is 2.56 bits per heavy atom. The minimum Gasteiger partial charge on any atom is -0.496 e. The summed E-state index contributed by atoms with van der Waals surface area (Å²) in [6.45, 7) is 4.09. The number of hydrogen-bond acceptors (Lipinski definition) is 2. The van der Waals surface area contributed by atoms with E-state index in [1.165, 1.54) is 0 Å². The standard InChI is InChI=1S/C14H21F2NO/c1-4-9-17-14(2,13(15)16)10-11-7-5-6-8-12(11)18-3/h5-8,13,17H,4,9-10H2,1-3H3. The Labute approximate surface area is 107 Å². The van der Waals surface area contributed by atoms with E-state index in [0.717, 1.165) is 12.0 Å². The molecule has 1 unspecified atom stereocenters. The van der Waals surface area contributed by atoms with Gasteiger partial charge < -0.3 is 10.1 Å². The van der Waals surface area contributed by atoms with Crippen molar-refractivity contribution in [3.8, 4) is 5.75 Å². The number of benzene rings is 1. The summed E-state index contributed by atoms with van der Waals surface area (Å²) >= 11 is 0. The Hall–Kier alpha value is -1.16. The van der Waals surface area contributed by atoms with Crippen LogP contribution in [0, 0.1) is 0 Å². The van der Waals surface area contributed by atoms with Gasteiger partial charge in [-0.25, -0.2) is 8.78 Å². The highest BCUT2D eigenvalue weighted by Gasteiger charge is 2.35. The molecule has 18 heavy (non-hydrogen) atoms. The Bertz CT molecular complexity index is 371. The average molecular weight is 257 g/mol. The summed E-state index contributed by atoms with van der Waals surface area (Å²) in [5, 5.41) is 2.94. The molecular weight excluding hydrogens is 236 g/mol. The number of rotatable bonds is 7. The molecule has 0 saturated heterocycles. The van der Waals surface area contributed by atoms with Gasteiger partial charge in [0.05, 0.1) is 12.6 Å². The summed E-state index contributed by atoms with van der Waals surface area (Å²) in [5.74, 6) is 0.655. The summed E-state index contributed by atoms with van der Waals surface area (Å²) in [5.41, 5.74) is -0.420. The van der Waals surface area contributed by atoms with E-state index < -0.39 is 12.0 Å². The highest BCUT2D eigenvalue weighted by molar-refractivity contribution is 5.34. The van der Waals surface area contributed by atoms with Crippen LogP contribution in [0.2, 0.25) is 0 Å². The van der Waals surface area contributed by atoms with Crippen LogP contribution in [0.3, 0.4) is 0 Å². The molecule has 102 valence electrons. The third-order valence-corrected chi connectivity index (χ3v) is 3.01. The van der Waals surface area contributed by atoms with E-state index in [1.54, 1.807) is 20.1 Å². The smallest absolute Gasteiger partial charge is 0.256 e. The van der Waals surface area contributed by atoms with Gasteiger partial charge in [-0.2, -0.15) is 0 Å². The Kier molecular flexibility index (Phi) is 5.54. The van der Waals surface area contributed by atoms with Crippen molar-refractivity contribution in [2.75, 3.05) is 13.7 Å². The van der Waals surface area contributed by atoms with Crippen molar-refractivity contribution in [3.05, 3.63) is 29.8 Å². The number of nitrogens with one attached hydrogen (secondary N) is 1. The quantitative estimate of drug-likeness (QED) is 0.809. The molecule has 0 aliphatic carbocycles. The minimum atomic E-state index is -2.42. The summed E-state index contributed by atoms with van der Waals surface area (Å²) in [6.07, 6.45) is -1.35. The lowest BCUT2D eigenvalue weighted by molar-refractivity contribution is 0.0403. The molecule has 0 fully saturated rings. The highest BCUT2D eigenvalue weighted by atomic mass is 19.3. The van der Waals surface area contributed by atoms with E-state index in [-0.39, 0.29) is 6.42 Å². The number of para-hydroxylation sites is 1. The first-order valence-electron chi connectivity index (χ1n) is 6.18. The van der Waals surface area contributed by atoms with E-state index in [2.05, 4.69) is 5.32 Å². The second kappa shape index (κ2) is 6.69. The molecule has 0 saturated carbocycles. The summed E-state index contributed by atoms with van der Waals surface area (Å²) in [4.78, 5) is 0. The van der Waals surface area contributed by atoms with Crippen LogP contribution in [-0.2, 0) is 6.42 Å². The maximum Gasteiger partial charge on any atom is 0.256 e. The number of methoxy groups -OCH3 is 1. The molecule has 1 atom stereocenters. The van der Waals surface area contributed by atoms with Gasteiger partial charge in [0.15, 0.2) is 0 Å². The molecule has 0 aliphatic heterocycles. The van der Waals surface area contributed by atoms with Gasteiger partial charge >= 0.3 is 0 Å². The van der Waals surface area contributed by atoms with Crippen LogP contribution < -0.4 is 10.1 Å². The molecule has 1 rings (SSSR count). The molecule has 1 N–H and O–H groups in total. The van der Waals surface area contributed by atoms with E-state index in [9.17, 15) is 8.78 Å². The lowest BCUT2D eigenvalue weighted by atomic mass is 9.92. The summed E-state index contributed by atoms with van der Waals surface area (Å²) in [7, 11) is 1.55. The number of ether oxygens (including phenoxy) is 1. The van der Waals surface area contributed by atoms with Crippen molar-refractivity contribution in [1.29, 1.82) is 0 Å². The molecule has 0 heterocycles. The molecule has 4 heteroatoms. The van der Waals surface area contributed by atoms with Gasteiger partial charge in [0.1, 0.15) is 5.75 Å². The van der Waals surface area contributed by atoms with Crippen LogP contribution in [0.25, 0.3) is 0 Å². The molecule has 0 aromatic heterocycles. The monoisotopic (exact) mass is 257 g/mol. The van der Waals surface area contributed by atoms with E-state index in [0.29, 0.717) is 12.3 Å². The largest absolute Gasteiger partial charge is 0.496 e. The third-order valence-electron chi connectivity index (χ3n) is 3.01. The molecule has 2 nitrogen and oxygen atoms in total. The highest BCUT2D eigenvalue weighted by Crippen LogP contribution is 2.26. The zero-order valence-electron chi connectivity index (χ0n) is 11.2. The van der Waals surface area contributed by atoms with Gasteiger partial charge in [0.2, 0.25) is 0 Å². The van der Waals surface area contributed by atoms with Crippen LogP contribution in [-0.4, -0.2) is 25.6 Å². The minimum absolute atomic E-state index is 0.245. The first-order chi connectivity index (χ1) is 8.53. The van der Waals surface area contributed by atoms with Gasteiger partial charge in [-0.3, -0.25) is 0 Å². The second-order valence-corrected chi connectivity index (χ2v) is 4.63. The maximum absolute atomic E-state index is 13.2. The molecule has 0 bridgehead atoms. The van der Waals surface area contributed by atoms with Crippen LogP contribution in [0.15, 0.2) is 24.3 Å². The number of halogens is 2. The van der Waals surface area contributed by atoms with Crippen molar-refractivity contribution in [2.24, 2.45) is 0 Å². The van der Waals surface area contributed by atoms with Crippen molar-refractivity contribution in [2.45, 2.75) is 38.7 Å². The van der Waals surface area contributed by atoms with Crippen LogP contribution in [0.1, 0.15) is 25.8 Å². The zero-order valence-corrected chi connectivity index (χ0v) is 11.2. The fraction of sp³-hybridized carbons (Fsp3) is 0.571. The maximum atomic E-state index is 13.2. The lowest BCUT2D eigenvalue weighted by Gasteiger charge is -2.30. The zero-order chi connectivity index (χ0) is 13.6. The number of alkyl halides is 2. The predicted molar refractivity (Wildman–Crippen MR) is 69.4 cm³/mol. The van der Waals surface area contributed by atoms with Crippen molar-refractivity contribution in [3.63, 3.8) is 0 Å². The number of hydrogen-bond donors (Lipinski definition) is 1. The lowest BCUT2D eigenvalue weighted by Crippen LogP contribution is -2.50. The molecule has 0 amide bonds. The van der Waals surface area contributed by atoms with Crippen LogP contribution >= 0.6 is 0 Å². The van der Waals surface area contributed by atoms with E-state index in [1.807, 2.05) is 25.1 Å². The van der Waals surface area contributed by atoms with Gasteiger partial charge in [0, 0.05) is 0 Å². The molecule has 0 spiro atoms. The van der Waals surface area contributed by atoms with Crippen molar-refractivity contribution < 1.29 is 13.5 Å². The Morgan fingerprint density at radius 1 is 1.33 bits per heavy atom. The first-order valence-corrected chi connectivity index (χ1v) is 6.18. The molecule has 1 aromatic carbocycles. The van der Waals surface area contributed by atoms with Crippen LogP contribution in [0.5, 0.6) is 5.75 Å². The molecule has 0 radical (unpaired) electrons. The van der Waals surface area contributed by atoms with Gasteiger partial charge in [-0.15, -0.1) is 0 Å².